The smallest absolute Gasteiger partial charge is 0.324 e. The van der Waals surface area contributed by atoms with Crippen LogP contribution < -0.4 is 0 Å². The summed E-state index contributed by atoms with van der Waals surface area (Å²) in [5.41, 5.74) is 0.412. The highest BCUT2D eigenvalue weighted by Crippen LogP contribution is 2.23. The first-order chi connectivity index (χ1) is 11.3. The van der Waals surface area contributed by atoms with Crippen molar-refractivity contribution in [2.24, 2.45) is 0 Å². The third-order valence-electron chi connectivity index (χ3n) is 3.47. The Morgan fingerprint density at radius 3 is 1.96 bits per heavy atom. The number of benzene rings is 2. The average Bonchev–Trinajstić information content (AvgIpc) is 2.79. The molecule has 1 heterocycles. The number of rotatable bonds is 3. The summed E-state index contributed by atoms with van der Waals surface area (Å²) in [7, 11) is -2.89. The first-order valence-electron chi connectivity index (χ1n) is 6.83. The maximum absolute atomic E-state index is 12.1. The lowest BCUT2D eigenvalue weighted by Crippen LogP contribution is -2.32. The van der Waals surface area contributed by atoms with Crippen LogP contribution in [0, 0.1) is 4.78 Å². The van der Waals surface area contributed by atoms with E-state index in [2.05, 4.69) is 0 Å². The summed E-state index contributed by atoms with van der Waals surface area (Å²) < 4.78 is 19.1. The standard InChI is InChI=1S/C16H12N2O5S/c1-24(17,22)11-8-6-10(7-9-11)16(21)23-18-14(19)12-4-2-3-5-13(12)15(18)20/h2-9,17H,1H3. The molecule has 2 amide bonds. The molecule has 0 saturated heterocycles. The maximum Gasteiger partial charge on any atom is 0.363 e. The Hall–Kier alpha value is -3.00. The van der Waals surface area contributed by atoms with Crippen LogP contribution in [0.15, 0.2) is 53.4 Å². The molecule has 3 rings (SSSR count). The topological polar surface area (TPSA) is 105 Å². The highest BCUT2D eigenvalue weighted by molar-refractivity contribution is 7.91. The van der Waals surface area contributed by atoms with Gasteiger partial charge in [0.05, 0.1) is 26.4 Å². The van der Waals surface area contributed by atoms with Gasteiger partial charge in [0.15, 0.2) is 0 Å². The maximum atomic E-state index is 12.1. The number of amides is 2. The number of nitrogens with one attached hydrogen (secondary N) is 1. The van der Waals surface area contributed by atoms with Gasteiger partial charge in [-0.2, -0.15) is 0 Å². The molecule has 1 atom stereocenters. The Labute approximate surface area is 137 Å². The molecule has 1 aliphatic heterocycles. The van der Waals surface area contributed by atoms with E-state index in [9.17, 15) is 18.6 Å². The lowest BCUT2D eigenvalue weighted by molar-refractivity contribution is -0.0584. The minimum Gasteiger partial charge on any atom is -0.324 e. The number of nitrogens with zero attached hydrogens (tertiary/aromatic N) is 1. The summed E-state index contributed by atoms with van der Waals surface area (Å²) in [4.78, 5) is 41.5. The summed E-state index contributed by atoms with van der Waals surface area (Å²) in [6.07, 6.45) is 1.26. The van der Waals surface area contributed by atoms with Crippen molar-refractivity contribution in [2.75, 3.05) is 6.26 Å². The van der Waals surface area contributed by atoms with Crippen molar-refractivity contribution < 1.29 is 23.4 Å². The molecular formula is C16H12N2O5S. The van der Waals surface area contributed by atoms with E-state index in [-0.39, 0.29) is 21.6 Å². The Bertz CT molecular complexity index is 929. The van der Waals surface area contributed by atoms with E-state index in [0.717, 1.165) is 0 Å². The Morgan fingerprint density at radius 1 is 1.00 bits per heavy atom. The molecular weight excluding hydrogens is 332 g/mol. The molecule has 122 valence electrons. The molecule has 7 nitrogen and oxygen atoms in total. The number of carbonyl (C=O) groups excluding carboxylic acids is 3. The molecule has 0 aliphatic carbocycles. The second kappa shape index (κ2) is 5.57. The fourth-order valence-corrected chi connectivity index (χ4v) is 2.89. The molecule has 1 N–H and O–H groups in total. The minimum absolute atomic E-state index is 0.0685. The summed E-state index contributed by atoms with van der Waals surface area (Å²) in [6.45, 7) is 0. The van der Waals surface area contributed by atoms with Crippen LogP contribution in [-0.2, 0) is 14.6 Å². The van der Waals surface area contributed by atoms with E-state index < -0.39 is 27.5 Å². The number of imide groups is 1. The summed E-state index contributed by atoms with van der Waals surface area (Å²) in [6, 6.07) is 11.6. The van der Waals surface area contributed by atoms with E-state index in [1.807, 2.05) is 0 Å². The van der Waals surface area contributed by atoms with Crippen molar-refractivity contribution >= 4 is 27.5 Å². The normalized spacial score (nSPS) is 15.8. The zero-order valence-electron chi connectivity index (χ0n) is 12.5. The van der Waals surface area contributed by atoms with E-state index in [1.54, 1.807) is 12.1 Å². The summed E-state index contributed by atoms with van der Waals surface area (Å²) in [5.74, 6) is -2.31. The van der Waals surface area contributed by atoms with Crippen molar-refractivity contribution in [2.45, 2.75) is 4.90 Å². The van der Waals surface area contributed by atoms with Crippen LogP contribution in [0.25, 0.3) is 0 Å². The second-order valence-corrected chi connectivity index (χ2v) is 7.36. The quantitative estimate of drug-likeness (QED) is 0.859. The van der Waals surface area contributed by atoms with E-state index in [0.29, 0.717) is 5.06 Å². The predicted molar refractivity (Wildman–Crippen MR) is 83.9 cm³/mol. The van der Waals surface area contributed by atoms with Gasteiger partial charge in [-0.05, 0) is 36.4 Å². The van der Waals surface area contributed by atoms with Gasteiger partial charge in [0, 0.05) is 11.2 Å². The number of hydrogen-bond donors (Lipinski definition) is 1. The van der Waals surface area contributed by atoms with Crippen LogP contribution in [0.5, 0.6) is 0 Å². The highest BCUT2D eigenvalue weighted by atomic mass is 32.2. The van der Waals surface area contributed by atoms with Crippen molar-refractivity contribution in [3.8, 4) is 0 Å². The molecule has 2 aromatic carbocycles. The number of carbonyl (C=O) groups is 3. The van der Waals surface area contributed by atoms with Gasteiger partial charge in [0.2, 0.25) is 0 Å². The van der Waals surface area contributed by atoms with Crippen LogP contribution in [0.3, 0.4) is 0 Å². The van der Waals surface area contributed by atoms with Crippen LogP contribution >= 0.6 is 0 Å². The molecule has 0 bridgehead atoms. The van der Waals surface area contributed by atoms with Crippen molar-refractivity contribution in [1.29, 1.82) is 4.78 Å². The molecule has 0 aromatic heterocycles. The predicted octanol–water partition coefficient (Wildman–Crippen LogP) is 2.09. The van der Waals surface area contributed by atoms with Crippen molar-refractivity contribution in [3.63, 3.8) is 0 Å². The van der Waals surface area contributed by atoms with Gasteiger partial charge >= 0.3 is 5.97 Å². The second-order valence-electron chi connectivity index (χ2n) is 5.20. The largest absolute Gasteiger partial charge is 0.363 e. The van der Waals surface area contributed by atoms with Gasteiger partial charge in [-0.3, -0.25) is 9.59 Å². The van der Waals surface area contributed by atoms with E-state index in [4.69, 9.17) is 9.62 Å². The monoisotopic (exact) mass is 344 g/mol. The van der Waals surface area contributed by atoms with Crippen LogP contribution in [0.1, 0.15) is 31.1 Å². The zero-order valence-corrected chi connectivity index (χ0v) is 13.3. The molecule has 0 spiro atoms. The van der Waals surface area contributed by atoms with Gasteiger partial charge in [-0.15, -0.1) is 0 Å². The van der Waals surface area contributed by atoms with Crippen LogP contribution in [0.4, 0.5) is 0 Å². The number of hydroxylamine groups is 2. The molecule has 1 aliphatic rings. The molecule has 24 heavy (non-hydrogen) atoms. The van der Waals surface area contributed by atoms with Gasteiger partial charge in [0.1, 0.15) is 0 Å². The first kappa shape index (κ1) is 15.9. The van der Waals surface area contributed by atoms with Gasteiger partial charge in [-0.25, -0.2) is 13.8 Å². The molecule has 2 aromatic rings. The SMILES string of the molecule is CS(=N)(=O)c1ccc(C(=O)ON2C(=O)c3ccccc3C2=O)cc1. The molecule has 1 unspecified atom stereocenters. The van der Waals surface area contributed by atoms with Gasteiger partial charge < -0.3 is 4.84 Å². The lowest BCUT2D eigenvalue weighted by Gasteiger charge is -2.12. The van der Waals surface area contributed by atoms with Crippen molar-refractivity contribution in [1.82, 2.24) is 5.06 Å². The van der Waals surface area contributed by atoms with Crippen LogP contribution in [-0.4, -0.2) is 33.3 Å². The summed E-state index contributed by atoms with van der Waals surface area (Å²) >= 11 is 0. The van der Waals surface area contributed by atoms with Gasteiger partial charge in [-0.1, -0.05) is 17.2 Å². The third-order valence-corrected chi connectivity index (χ3v) is 4.64. The van der Waals surface area contributed by atoms with Gasteiger partial charge in [0.25, 0.3) is 11.8 Å². The Kier molecular flexibility index (Phi) is 3.69. The van der Waals surface area contributed by atoms with E-state index in [1.165, 1.54) is 42.7 Å². The highest BCUT2D eigenvalue weighted by Gasteiger charge is 2.38. The third kappa shape index (κ3) is 2.67. The average molecular weight is 344 g/mol. The Morgan fingerprint density at radius 2 is 1.50 bits per heavy atom. The fourth-order valence-electron chi connectivity index (χ4n) is 2.24. The zero-order chi connectivity index (χ0) is 17.5. The molecule has 0 radical (unpaired) electrons. The molecule has 0 fully saturated rings. The van der Waals surface area contributed by atoms with Crippen molar-refractivity contribution in [3.05, 3.63) is 65.2 Å². The van der Waals surface area contributed by atoms with Crippen LogP contribution in [0.2, 0.25) is 0 Å². The molecule has 0 saturated carbocycles. The fraction of sp³-hybridized carbons (Fsp3) is 0.0625. The van der Waals surface area contributed by atoms with E-state index >= 15 is 0 Å². The minimum atomic E-state index is -2.89. The molecule has 8 heteroatoms. The lowest BCUT2D eigenvalue weighted by atomic mass is 10.1. The Balaban J connectivity index is 1.81. The first-order valence-corrected chi connectivity index (χ1v) is 8.79. The summed E-state index contributed by atoms with van der Waals surface area (Å²) in [5, 5.41) is 0.425. The number of fused-ring (bicyclic) bond motifs is 1. The number of hydrogen-bond acceptors (Lipinski definition) is 6.